The molecule has 0 saturated carbocycles. The minimum atomic E-state index is -3.59. The Balaban J connectivity index is 1.89. The van der Waals surface area contributed by atoms with E-state index >= 15 is 0 Å². The first-order valence-electron chi connectivity index (χ1n) is 6.54. The molecule has 2 aromatic rings. The highest BCUT2D eigenvalue weighted by molar-refractivity contribution is 7.90. The lowest BCUT2D eigenvalue weighted by atomic mass is 10.2. The summed E-state index contributed by atoms with van der Waals surface area (Å²) in [4.78, 5) is 0.235. The molecule has 6 heteroatoms. The minimum absolute atomic E-state index is 0.235. The summed E-state index contributed by atoms with van der Waals surface area (Å²) in [5.41, 5.74) is 1.34. The summed E-state index contributed by atoms with van der Waals surface area (Å²) in [6.45, 7) is 2.52. The molecule has 0 spiro atoms. The summed E-state index contributed by atoms with van der Waals surface area (Å²) in [5, 5.41) is 3.04. The third-order valence-electron chi connectivity index (χ3n) is 3.06. The monoisotopic (exact) mass is 302 g/mol. The second-order valence-electron chi connectivity index (χ2n) is 4.49. The van der Waals surface area contributed by atoms with Gasteiger partial charge in [-0.25, -0.2) is 0 Å². The largest absolute Gasteiger partial charge is 0.494 e. The maximum atomic E-state index is 11.9. The van der Waals surface area contributed by atoms with E-state index < -0.39 is 10.0 Å². The van der Waals surface area contributed by atoms with Crippen LogP contribution in [0.4, 0.5) is 5.69 Å². The van der Waals surface area contributed by atoms with E-state index in [-0.39, 0.29) is 4.90 Å². The first kappa shape index (κ1) is 13.6. The quantitative estimate of drug-likeness (QED) is 0.946. The molecule has 108 valence electrons. The molecule has 0 fully saturated rings. The Hall–Kier alpha value is -2.34. The van der Waals surface area contributed by atoms with Gasteiger partial charge in [0.1, 0.15) is 10.6 Å². The van der Waals surface area contributed by atoms with Gasteiger partial charge in [0.05, 0.1) is 6.61 Å². The van der Waals surface area contributed by atoms with Crippen LogP contribution in [0, 0.1) is 0 Å². The van der Waals surface area contributed by atoms with E-state index in [0.29, 0.717) is 18.0 Å². The SMILES string of the molecule is CCOc1ccc(NC2=NS(=O)(=O)c3ccccc32)cc1. The van der Waals surface area contributed by atoms with Crippen LogP contribution in [0.3, 0.4) is 0 Å². The Bertz CT molecular complexity index is 796. The molecular formula is C15H14N2O3S. The first-order chi connectivity index (χ1) is 10.1. The fourth-order valence-corrected chi connectivity index (χ4v) is 3.31. The number of sulfonamides is 1. The lowest BCUT2D eigenvalue weighted by Gasteiger charge is -2.08. The van der Waals surface area contributed by atoms with E-state index in [1.54, 1.807) is 24.3 Å². The Morgan fingerprint density at radius 1 is 1.10 bits per heavy atom. The number of nitrogens with zero attached hydrogens (tertiary/aromatic N) is 1. The number of fused-ring (bicyclic) bond motifs is 1. The normalized spacial score (nSPS) is 15.2. The molecule has 3 rings (SSSR count). The Kier molecular flexibility index (Phi) is 3.39. The molecule has 0 saturated heterocycles. The molecular weight excluding hydrogens is 288 g/mol. The Morgan fingerprint density at radius 3 is 2.52 bits per heavy atom. The van der Waals surface area contributed by atoms with Crippen LogP contribution in [0.2, 0.25) is 0 Å². The van der Waals surface area contributed by atoms with Gasteiger partial charge in [0.15, 0.2) is 5.84 Å². The zero-order valence-electron chi connectivity index (χ0n) is 11.4. The predicted octanol–water partition coefficient (Wildman–Crippen LogP) is 2.65. The van der Waals surface area contributed by atoms with Crippen molar-refractivity contribution in [1.29, 1.82) is 0 Å². The third kappa shape index (κ3) is 2.62. The number of rotatable bonds is 3. The lowest BCUT2D eigenvalue weighted by Crippen LogP contribution is -2.11. The van der Waals surface area contributed by atoms with Crippen molar-refractivity contribution in [3.05, 3.63) is 54.1 Å². The van der Waals surface area contributed by atoms with E-state index in [0.717, 1.165) is 11.4 Å². The van der Waals surface area contributed by atoms with E-state index in [1.165, 1.54) is 0 Å². The van der Waals surface area contributed by atoms with Crippen molar-refractivity contribution in [3.8, 4) is 5.75 Å². The fraction of sp³-hybridized carbons (Fsp3) is 0.133. The number of amidine groups is 1. The first-order valence-corrected chi connectivity index (χ1v) is 7.98. The molecule has 1 aliphatic heterocycles. The Morgan fingerprint density at radius 2 is 1.81 bits per heavy atom. The molecule has 1 aliphatic rings. The number of hydrogen-bond donors (Lipinski definition) is 1. The molecule has 1 heterocycles. The summed E-state index contributed by atoms with van der Waals surface area (Å²) in [7, 11) is -3.59. The molecule has 0 unspecified atom stereocenters. The van der Waals surface area contributed by atoms with Crippen LogP contribution in [-0.2, 0) is 10.0 Å². The molecule has 0 amide bonds. The lowest BCUT2D eigenvalue weighted by molar-refractivity contribution is 0.340. The van der Waals surface area contributed by atoms with Gasteiger partial charge in [0, 0.05) is 11.3 Å². The van der Waals surface area contributed by atoms with E-state index in [1.807, 2.05) is 31.2 Å². The van der Waals surface area contributed by atoms with Crippen molar-refractivity contribution in [2.45, 2.75) is 11.8 Å². The van der Waals surface area contributed by atoms with Crippen molar-refractivity contribution in [3.63, 3.8) is 0 Å². The van der Waals surface area contributed by atoms with E-state index in [4.69, 9.17) is 4.74 Å². The maximum absolute atomic E-state index is 11.9. The number of nitrogens with one attached hydrogen (secondary N) is 1. The van der Waals surface area contributed by atoms with Crippen LogP contribution in [-0.4, -0.2) is 20.9 Å². The van der Waals surface area contributed by atoms with Crippen molar-refractivity contribution in [1.82, 2.24) is 0 Å². The van der Waals surface area contributed by atoms with Gasteiger partial charge in [-0.05, 0) is 43.3 Å². The van der Waals surface area contributed by atoms with Crippen LogP contribution in [0.5, 0.6) is 5.75 Å². The summed E-state index contributed by atoms with van der Waals surface area (Å²) < 4.78 is 33.0. The summed E-state index contributed by atoms with van der Waals surface area (Å²) in [6, 6.07) is 14.0. The highest BCUT2D eigenvalue weighted by Crippen LogP contribution is 2.27. The smallest absolute Gasteiger partial charge is 0.285 e. The highest BCUT2D eigenvalue weighted by atomic mass is 32.2. The number of benzene rings is 2. The number of hydrogen-bond acceptors (Lipinski definition) is 4. The summed E-state index contributed by atoms with van der Waals surface area (Å²) in [6.07, 6.45) is 0. The average molecular weight is 302 g/mol. The predicted molar refractivity (Wildman–Crippen MR) is 81.4 cm³/mol. The fourth-order valence-electron chi connectivity index (χ4n) is 2.13. The van der Waals surface area contributed by atoms with E-state index in [2.05, 4.69) is 9.71 Å². The van der Waals surface area contributed by atoms with Crippen LogP contribution < -0.4 is 10.1 Å². The van der Waals surface area contributed by atoms with Gasteiger partial charge in [-0.15, -0.1) is 4.40 Å². The standard InChI is InChI=1S/C15H14N2O3S/c1-2-20-12-9-7-11(8-10-12)16-15-13-5-3-4-6-14(13)21(18,19)17-15/h3-10H,2H2,1H3,(H,16,17). The van der Waals surface area contributed by atoms with Crippen LogP contribution in [0.1, 0.15) is 12.5 Å². The molecule has 0 aliphatic carbocycles. The van der Waals surface area contributed by atoms with Crippen molar-refractivity contribution in [2.24, 2.45) is 4.40 Å². The van der Waals surface area contributed by atoms with Crippen LogP contribution in [0.15, 0.2) is 57.8 Å². The number of anilines is 1. The Labute approximate surface area is 123 Å². The molecule has 0 atom stereocenters. The summed E-state index contributed by atoms with van der Waals surface area (Å²) >= 11 is 0. The molecule has 2 aromatic carbocycles. The van der Waals surface area contributed by atoms with Crippen LogP contribution in [0.25, 0.3) is 0 Å². The van der Waals surface area contributed by atoms with Gasteiger partial charge in [0.2, 0.25) is 0 Å². The molecule has 0 aromatic heterocycles. The average Bonchev–Trinajstić information content (AvgIpc) is 2.73. The zero-order valence-corrected chi connectivity index (χ0v) is 12.2. The van der Waals surface area contributed by atoms with E-state index in [9.17, 15) is 8.42 Å². The zero-order chi connectivity index (χ0) is 14.9. The van der Waals surface area contributed by atoms with Gasteiger partial charge in [-0.2, -0.15) is 8.42 Å². The molecule has 5 nitrogen and oxygen atoms in total. The van der Waals surface area contributed by atoms with Gasteiger partial charge < -0.3 is 10.1 Å². The number of ether oxygens (including phenoxy) is 1. The summed E-state index contributed by atoms with van der Waals surface area (Å²) in [5.74, 6) is 1.11. The van der Waals surface area contributed by atoms with Crippen LogP contribution >= 0.6 is 0 Å². The minimum Gasteiger partial charge on any atom is -0.494 e. The highest BCUT2D eigenvalue weighted by Gasteiger charge is 2.28. The van der Waals surface area contributed by atoms with Gasteiger partial charge in [-0.1, -0.05) is 12.1 Å². The molecule has 21 heavy (non-hydrogen) atoms. The van der Waals surface area contributed by atoms with Crippen molar-refractivity contribution < 1.29 is 13.2 Å². The molecule has 1 N–H and O–H groups in total. The topological polar surface area (TPSA) is 67.8 Å². The third-order valence-corrected chi connectivity index (χ3v) is 4.39. The molecule has 0 radical (unpaired) electrons. The van der Waals surface area contributed by atoms with Gasteiger partial charge in [-0.3, -0.25) is 0 Å². The molecule has 0 bridgehead atoms. The van der Waals surface area contributed by atoms with Crippen molar-refractivity contribution >= 4 is 21.5 Å². The second-order valence-corrected chi connectivity index (χ2v) is 6.07. The van der Waals surface area contributed by atoms with Crippen molar-refractivity contribution in [2.75, 3.05) is 11.9 Å². The maximum Gasteiger partial charge on any atom is 0.285 e. The second kappa shape index (κ2) is 5.21. The van der Waals surface area contributed by atoms with Gasteiger partial charge >= 0.3 is 0 Å². The van der Waals surface area contributed by atoms with Gasteiger partial charge in [0.25, 0.3) is 10.0 Å².